The predicted molar refractivity (Wildman–Crippen MR) is 60.1 cm³/mol. The van der Waals surface area contributed by atoms with Crippen LogP contribution in [-0.4, -0.2) is 33.0 Å². The van der Waals surface area contributed by atoms with Gasteiger partial charge in [0.25, 0.3) is 5.69 Å². The van der Waals surface area contributed by atoms with Gasteiger partial charge in [-0.25, -0.2) is 4.39 Å². The molecule has 7 nitrogen and oxygen atoms in total. The third kappa shape index (κ3) is 2.92. The Morgan fingerprint density at radius 1 is 1.44 bits per heavy atom. The molecular weight excluding hydrogens is 247 g/mol. The fourth-order valence-electron chi connectivity index (χ4n) is 1.47. The summed E-state index contributed by atoms with van der Waals surface area (Å²) in [6, 6.07) is 1.52. The maximum atomic E-state index is 13.3. The van der Waals surface area contributed by atoms with E-state index < -0.39 is 40.9 Å². The van der Waals surface area contributed by atoms with Gasteiger partial charge in [-0.15, -0.1) is 0 Å². The number of hydrogen-bond donors (Lipinski definition) is 4. The summed E-state index contributed by atoms with van der Waals surface area (Å²) in [6.45, 7) is -0.393. The van der Waals surface area contributed by atoms with Crippen molar-refractivity contribution in [2.45, 2.75) is 18.6 Å². The molecule has 100 valence electrons. The highest BCUT2D eigenvalue weighted by atomic mass is 19.1. The number of rotatable bonds is 5. The van der Waals surface area contributed by atoms with Gasteiger partial charge < -0.3 is 21.1 Å². The number of nitrogens with two attached hydrogens (primary N) is 1. The molecule has 0 aromatic heterocycles. The average Bonchev–Trinajstić information content (AvgIpc) is 2.31. The molecule has 0 saturated carbocycles. The van der Waals surface area contributed by atoms with Crippen molar-refractivity contribution < 1.29 is 24.6 Å². The summed E-state index contributed by atoms with van der Waals surface area (Å²) in [5.74, 6) is -1.05. The number of hydrogen-bond acceptors (Lipinski definition) is 6. The van der Waals surface area contributed by atoms with E-state index in [2.05, 4.69) is 0 Å². The standard InChI is InChI=1S/C10H13FN2O5/c11-7-4-5(13(17)18)3-6(9(7)12)10(16)8(15)1-2-14/h3-4,8,10,14-16H,1-2,12H2. The van der Waals surface area contributed by atoms with Crippen molar-refractivity contribution in [3.63, 3.8) is 0 Å². The first-order valence-electron chi connectivity index (χ1n) is 5.08. The van der Waals surface area contributed by atoms with Gasteiger partial charge >= 0.3 is 0 Å². The minimum Gasteiger partial charge on any atom is -0.396 e. The number of non-ortho nitro benzene ring substituents is 1. The lowest BCUT2D eigenvalue weighted by molar-refractivity contribution is -0.385. The van der Waals surface area contributed by atoms with Crippen molar-refractivity contribution in [1.82, 2.24) is 0 Å². The summed E-state index contributed by atoms with van der Waals surface area (Å²) in [5.41, 5.74) is 4.04. The Hall–Kier alpha value is -1.77. The van der Waals surface area contributed by atoms with Crippen molar-refractivity contribution in [1.29, 1.82) is 0 Å². The monoisotopic (exact) mass is 260 g/mol. The molecule has 2 atom stereocenters. The Bertz CT molecular complexity index is 454. The van der Waals surface area contributed by atoms with E-state index >= 15 is 0 Å². The SMILES string of the molecule is Nc1c(F)cc([N+](=O)[O-])cc1C(O)C(O)CCO. The summed E-state index contributed by atoms with van der Waals surface area (Å²) in [4.78, 5) is 9.71. The highest BCUT2D eigenvalue weighted by Crippen LogP contribution is 2.30. The Morgan fingerprint density at radius 3 is 2.56 bits per heavy atom. The molecule has 0 fully saturated rings. The number of nitrogens with zero attached hydrogens (tertiary/aromatic N) is 1. The third-order valence-corrected chi connectivity index (χ3v) is 2.47. The maximum Gasteiger partial charge on any atom is 0.272 e. The molecule has 0 bridgehead atoms. The molecule has 8 heteroatoms. The van der Waals surface area contributed by atoms with E-state index in [1.807, 2.05) is 0 Å². The lowest BCUT2D eigenvalue weighted by Gasteiger charge is -2.18. The van der Waals surface area contributed by atoms with Crippen LogP contribution in [-0.2, 0) is 0 Å². The van der Waals surface area contributed by atoms with E-state index in [0.29, 0.717) is 6.07 Å². The lowest BCUT2D eigenvalue weighted by Crippen LogP contribution is -2.21. The topological polar surface area (TPSA) is 130 Å². The van der Waals surface area contributed by atoms with E-state index in [0.717, 1.165) is 6.07 Å². The molecule has 18 heavy (non-hydrogen) atoms. The molecule has 1 aromatic rings. The van der Waals surface area contributed by atoms with Gasteiger partial charge in [0.15, 0.2) is 5.82 Å². The van der Waals surface area contributed by atoms with Gasteiger partial charge in [-0.05, 0) is 6.42 Å². The zero-order chi connectivity index (χ0) is 13.9. The third-order valence-electron chi connectivity index (χ3n) is 2.47. The number of halogens is 1. The number of benzene rings is 1. The van der Waals surface area contributed by atoms with Crippen LogP contribution in [0.2, 0.25) is 0 Å². The van der Waals surface area contributed by atoms with E-state index in [4.69, 9.17) is 10.8 Å². The summed E-state index contributed by atoms with van der Waals surface area (Å²) in [5, 5.41) is 38.3. The quantitative estimate of drug-likeness (QED) is 0.337. The van der Waals surface area contributed by atoms with Crippen LogP contribution in [0.25, 0.3) is 0 Å². The maximum absolute atomic E-state index is 13.3. The van der Waals surface area contributed by atoms with E-state index in [1.54, 1.807) is 0 Å². The van der Waals surface area contributed by atoms with Crippen LogP contribution >= 0.6 is 0 Å². The molecule has 1 aromatic carbocycles. The molecule has 2 unspecified atom stereocenters. The highest BCUT2D eigenvalue weighted by Gasteiger charge is 2.24. The normalized spacial score (nSPS) is 14.2. The van der Waals surface area contributed by atoms with Crippen molar-refractivity contribution in [2.24, 2.45) is 0 Å². The number of aliphatic hydroxyl groups is 3. The molecule has 0 aliphatic rings. The molecule has 0 amide bonds. The minimum absolute atomic E-state index is 0.162. The molecule has 0 saturated heterocycles. The van der Waals surface area contributed by atoms with Gasteiger partial charge in [-0.3, -0.25) is 10.1 Å². The van der Waals surface area contributed by atoms with Crippen molar-refractivity contribution in [2.75, 3.05) is 12.3 Å². The van der Waals surface area contributed by atoms with Gasteiger partial charge in [0, 0.05) is 18.2 Å². The van der Waals surface area contributed by atoms with Crippen LogP contribution in [0.3, 0.4) is 0 Å². The van der Waals surface area contributed by atoms with Crippen LogP contribution in [0.15, 0.2) is 12.1 Å². The molecule has 0 spiro atoms. The number of aliphatic hydroxyl groups excluding tert-OH is 3. The van der Waals surface area contributed by atoms with Crippen LogP contribution < -0.4 is 5.73 Å². The second-order valence-corrected chi connectivity index (χ2v) is 3.71. The number of nitrogen functional groups attached to an aromatic ring is 1. The summed E-state index contributed by atoms with van der Waals surface area (Å²) in [6.07, 6.45) is -3.16. The van der Waals surface area contributed by atoms with Gasteiger partial charge in [-0.2, -0.15) is 0 Å². The highest BCUT2D eigenvalue weighted by molar-refractivity contribution is 5.55. The Balaban J connectivity index is 3.18. The van der Waals surface area contributed by atoms with Crippen LogP contribution in [0, 0.1) is 15.9 Å². The number of nitro benzene ring substituents is 1. The van der Waals surface area contributed by atoms with E-state index in [1.165, 1.54) is 0 Å². The first-order chi connectivity index (χ1) is 8.38. The van der Waals surface area contributed by atoms with Crippen LogP contribution in [0.1, 0.15) is 18.1 Å². The lowest BCUT2D eigenvalue weighted by atomic mass is 10.00. The van der Waals surface area contributed by atoms with Crippen LogP contribution in [0.5, 0.6) is 0 Å². The number of nitro groups is 1. The Kier molecular flexibility index (Phi) is 4.54. The molecule has 0 heterocycles. The number of anilines is 1. The smallest absolute Gasteiger partial charge is 0.272 e. The van der Waals surface area contributed by atoms with E-state index in [-0.39, 0.29) is 12.0 Å². The molecular formula is C10H13FN2O5. The summed E-state index contributed by atoms with van der Waals surface area (Å²) >= 11 is 0. The summed E-state index contributed by atoms with van der Waals surface area (Å²) in [7, 11) is 0. The Morgan fingerprint density at radius 2 is 2.06 bits per heavy atom. The molecule has 1 rings (SSSR count). The molecule has 0 aliphatic carbocycles. The second-order valence-electron chi connectivity index (χ2n) is 3.71. The van der Waals surface area contributed by atoms with Gasteiger partial charge in [0.05, 0.1) is 22.8 Å². The van der Waals surface area contributed by atoms with Gasteiger partial charge in [0.1, 0.15) is 6.10 Å². The van der Waals surface area contributed by atoms with Crippen LogP contribution in [0.4, 0.5) is 15.8 Å². The van der Waals surface area contributed by atoms with Gasteiger partial charge in [0.2, 0.25) is 0 Å². The zero-order valence-corrected chi connectivity index (χ0v) is 9.28. The second kappa shape index (κ2) is 5.71. The zero-order valence-electron chi connectivity index (χ0n) is 9.28. The fraction of sp³-hybridized carbons (Fsp3) is 0.400. The minimum atomic E-state index is -1.61. The molecule has 0 radical (unpaired) electrons. The molecule has 0 aliphatic heterocycles. The predicted octanol–water partition coefficient (Wildman–Crippen LogP) is 0.0928. The van der Waals surface area contributed by atoms with Gasteiger partial charge in [-0.1, -0.05) is 0 Å². The summed E-state index contributed by atoms with van der Waals surface area (Å²) < 4.78 is 13.3. The fourth-order valence-corrected chi connectivity index (χ4v) is 1.47. The van der Waals surface area contributed by atoms with E-state index in [9.17, 15) is 24.7 Å². The van der Waals surface area contributed by atoms with Crippen molar-refractivity contribution >= 4 is 11.4 Å². The first kappa shape index (κ1) is 14.3. The largest absolute Gasteiger partial charge is 0.396 e. The molecule has 5 N–H and O–H groups in total. The average molecular weight is 260 g/mol. The first-order valence-corrected chi connectivity index (χ1v) is 5.08. The van der Waals surface area contributed by atoms with Crippen molar-refractivity contribution in [3.8, 4) is 0 Å². The van der Waals surface area contributed by atoms with Crippen molar-refractivity contribution in [3.05, 3.63) is 33.6 Å². The Labute approximate surface area is 101 Å².